The molecule has 140 valence electrons. The molecule has 0 spiro atoms. The van der Waals surface area contributed by atoms with Gasteiger partial charge in [-0.2, -0.15) is 0 Å². The van der Waals surface area contributed by atoms with Gasteiger partial charge in [-0.25, -0.2) is 0 Å². The molecule has 1 aromatic carbocycles. The number of halogens is 1. The van der Waals surface area contributed by atoms with Gasteiger partial charge in [-0.05, 0) is 48.4 Å². The zero-order chi connectivity index (χ0) is 19.3. The Kier molecular flexibility index (Phi) is 7.11. The normalized spacial score (nSPS) is 15.8. The Morgan fingerprint density at radius 3 is 2.50 bits per heavy atom. The van der Waals surface area contributed by atoms with Gasteiger partial charge in [-0.15, -0.1) is 0 Å². The smallest absolute Gasteiger partial charge is 0.294 e. The van der Waals surface area contributed by atoms with Crippen molar-refractivity contribution in [1.82, 2.24) is 9.80 Å². The summed E-state index contributed by atoms with van der Waals surface area (Å²) in [6, 6.07) is 4.50. The van der Waals surface area contributed by atoms with Crippen LogP contribution >= 0.6 is 23.4 Å². The van der Waals surface area contributed by atoms with Crippen LogP contribution in [0.4, 0.5) is 4.79 Å². The summed E-state index contributed by atoms with van der Waals surface area (Å²) >= 11 is 6.65. The Hall–Kier alpha value is -1.99. The van der Waals surface area contributed by atoms with Crippen LogP contribution in [-0.4, -0.2) is 51.6 Å². The summed E-state index contributed by atoms with van der Waals surface area (Å²) in [6.07, 6.45) is 3.15. The van der Waals surface area contributed by atoms with Crippen molar-refractivity contribution in [3.8, 4) is 5.75 Å². The van der Waals surface area contributed by atoms with E-state index in [0.717, 1.165) is 29.5 Å². The second-order valence-corrected chi connectivity index (χ2v) is 7.26. The van der Waals surface area contributed by atoms with Crippen molar-refractivity contribution in [3.63, 3.8) is 0 Å². The maximum atomic E-state index is 12.5. The Labute approximate surface area is 161 Å². The molecule has 1 N–H and O–H groups in total. The molecule has 0 radical (unpaired) electrons. The lowest BCUT2D eigenvalue weighted by molar-refractivity contribution is -0.135. The molecule has 1 heterocycles. The van der Waals surface area contributed by atoms with E-state index in [1.807, 2.05) is 13.8 Å². The van der Waals surface area contributed by atoms with Gasteiger partial charge in [0.2, 0.25) is 5.91 Å². The van der Waals surface area contributed by atoms with E-state index in [-0.39, 0.29) is 28.1 Å². The number of rotatable bonds is 7. The zero-order valence-electron chi connectivity index (χ0n) is 14.7. The fraction of sp³-hybridized carbons (Fsp3) is 0.389. The van der Waals surface area contributed by atoms with Crippen molar-refractivity contribution in [2.45, 2.75) is 26.7 Å². The lowest BCUT2D eigenvalue weighted by atomic mass is 10.2. The average molecular weight is 397 g/mol. The molecule has 1 aliphatic rings. The third-order valence-electron chi connectivity index (χ3n) is 3.78. The number of carbonyl (C=O) groups is 3. The number of hydrogen-bond acceptors (Lipinski definition) is 5. The molecule has 6 nitrogen and oxygen atoms in total. The topological polar surface area (TPSA) is 77.9 Å². The summed E-state index contributed by atoms with van der Waals surface area (Å²) in [4.78, 5) is 40.0. The minimum absolute atomic E-state index is 0.0607. The lowest BCUT2D eigenvalue weighted by Crippen LogP contribution is -2.42. The molecule has 8 heteroatoms. The molecule has 0 unspecified atom stereocenters. The number of carbonyl (C=O) groups excluding carboxylic acids is 3. The Balaban J connectivity index is 2.13. The quantitative estimate of drug-likeness (QED) is 0.710. The molecule has 3 amide bonds. The first kappa shape index (κ1) is 20.3. The predicted octanol–water partition coefficient (Wildman–Crippen LogP) is 3.73. The van der Waals surface area contributed by atoms with Gasteiger partial charge in [0.05, 0.1) is 9.93 Å². The molecule has 0 aromatic heterocycles. The van der Waals surface area contributed by atoms with Crippen molar-refractivity contribution in [1.29, 1.82) is 0 Å². The highest BCUT2D eigenvalue weighted by molar-refractivity contribution is 8.18. The minimum Gasteiger partial charge on any atom is -0.506 e. The molecular weight excluding hydrogens is 376 g/mol. The maximum absolute atomic E-state index is 12.5. The molecule has 1 saturated heterocycles. The van der Waals surface area contributed by atoms with Gasteiger partial charge in [-0.1, -0.05) is 31.5 Å². The monoisotopic (exact) mass is 396 g/mol. The molecule has 1 aromatic rings. The summed E-state index contributed by atoms with van der Waals surface area (Å²) in [5, 5.41) is 9.14. The lowest BCUT2D eigenvalue weighted by Gasteiger charge is -2.23. The van der Waals surface area contributed by atoms with Gasteiger partial charge in [-0.3, -0.25) is 19.3 Å². The van der Waals surface area contributed by atoms with E-state index in [4.69, 9.17) is 11.6 Å². The largest absolute Gasteiger partial charge is 0.506 e. The summed E-state index contributed by atoms with van der Waals surface area (Å²) in [7, 11) is 0. The first-order valence-corrected chi connectivity index (χ1v) is 9.58. The van der Waals surface area contributed by atoms with Gasteiger partial charge in [0.1, 0.15) is 12.3 Å². The standard InChI is InChI=1S/C18H21ClN2O4S/c1-3-7-20(8-4-2)16(23)11-21-17(24)15(26-18(21)25)10-12-5-6-14(22)13(19)9-12/h5-6,9-10,22H,3-4,7-8,11H2,1-2H3/b15-10-. The Morgan fingerprint density at radius 1 is 1.27 bits per heavy atom. The highest BCUT2D eigenvalue weighted by Gasteiger charge is 2.37. The van der Waals surface area contributed by atoms with Gasteiger partial charge in [0.25, 0.3) is 11.1 Å². The highest BCUT2D eigenvalue weighted by Crippen LogP contribution is 2.33. The number of amides is 3. The van der Waals surface area contributed by atoms with E-state index < -0.39 is 11.1 Å². The van der Waals surface area contributed by atoms with Crippen molar-refractivity contribution < 1.29 is 19.5 Å². The van der Waals surface area contributed by atoms with Crippen molar-refractivity contribution in [3.05, 3.63) is 33.7 Å². The summed E-state index contributed by atoms with van der Waals surface area (Å²) < 4.78 is 0. The summed E-state index contributed by atoms with van der Waals surface area (Å²) in [5.74, 6) is -0.787. The molecule has 26 heavy (non-hydrogen) atoms. The Bertz CT molecular complexity index is 745. The van der Waals surface area contributed by atoms with Gasteiger partial charge >= 0.3 is 0 Å². The van der Waals surface area contributed by atoms with E-state index in [1.165, 1.54) is 18.2 Å². The predicted molar refractivity (Wildman–Crippen MR) is 103 cm³/mol. The van der Waals surface area contributed by atoms with Crippen molar-refractivity contribution in [2.24, 2.45) is 0 Å². The molecule has 0 bridgehead atoms. The van der Waals surface area contributed by atoms with Gasteiger partial charge in [0.15, 0.2) is 0 Å². The molecule has 1 aliphatic heterocycles. The number of imide groups is 1. The number of phenols is 1. The van der Waals surface area contributed by atoms with Crippen LogP contribution in [0.25, 0.3) is 6.08 Å². The number of thioether (sulfide) groups is 1. The third kappa shape index (κ3) is 4.80. The number of nitrogens with zero attached hydrogens (tertiary/aromatic N) is 2. The molecule has 0 saturated carbocycles. The summed E-state index contributed by atoms with van der Waals surface area (Å²) in [6.45, 7) is 4.90. The number of hydrogen-bond donors (Lipinski definition) is 1. The summed E-state index contributed by atoms with van der Waals surface area (Å²) in [5.41, 5.74) is 0.586. The van der Waals surface area contributed by atoms with Crippen LogP contribution in [0.1, 0.15) is 32.3 Å². The SMILES string of the molecule is CCCN(CCC)C(=O)CN1C(=O)S/C(=C\c2ccc(O)c(Cl)c2)C1=O. The minimum atomic E-state index is -0.495. The van der Waals surface area contributed by atoms with Crippen LogP contribution in [0, 0.1) is 0 Å². The van der Waals surface area contributed by atoms with Gasteiger partial charge < -0.3 is 10.0 Å². The van der Waals surface area contributed by atoms with Crippen LogP contribution in [0.3, 0.4) is 0 Å². The fourth-order valence-electron chi connectivity index (χ4n) is 2.54. The molecule has 1 fully saturated rings. The molecule has 0 atom stereocenters. The van der Waals surface area contributed by atoms with Crippen LogP contribution in [-0.2, 0) is 9.59 Å². The van der Waals surface area contributed by atoms with E-state index in [9.17, 15) is 19.5 Å². The maximum Gasteiger partial charge on any atom is 0.294 e. The second-order valence-electron chi connectivity index (χ2n) is 5.86. The molecule has 0 aliphatic carbocycles. The van der Waals surface area contributed by atoms with Crippen LogP contribution in [0.2, 0.25) is 5.02 Å². The number of benzene rings is 1. The molecule has 2 rings (SSSR count). The third-order valence-corrected chi connectivity index (χ3v) is 4.99. The number of aromatic hydroxyl groups is 1. The van der Waals surface area contributed by atoms with Crippen LogP contribution < -0.4 is 0 Å². The van der Waals surface area contributed by atoms with Crippen molar-refractivity contribution in [2.75, 3.05) is 19.6 Å². The first-order chi connectivity index (χ1) is 12.4. The van der Waals surface area contributed by atoms with E-state index in [0.29, 0.717) is 18.7 Å². The average Bonchev–Trinajstić information content (AvgIpc) is 2.85. The van der Waals surface area contributed by atoms with Crippen LogP contribution in [0.5, 0.6) is 5.75 Å². The van der Waals surface area contributed by atoms with Crippen LogP contribution in [0.15, 0.2) is 23.1 Å². The molecular formula is C18H21ClN2O4S. The first-order valence-electron chi connectivity index (χ1n) is 8.39. The highest BCUT2D eigenvalue weighted by atomic mass is 35.5. The zero-order valence-corrected chi connectivity index (χ0v) is 16.3. The van der Waals surface area contributed by atoms with E-state index >= 15 is 0 Å². The fourth-order valence-corrected chi connectivity index (χ4v) is 3.56. The van der Waals surface area contributed by atoms with E-state index in [2.05, 4.69) is 0 Å². The Morgan fingerprint density at radius 2 is 1.92 bits per heavy atom. The number of phenolic OH excluding ortho intramolecular Hbond substituents is 1. The van der Waals surface area contributed by atoms with Crippen molar-refractivity contribution >= 4 is 46.5 Å². The van der Waals surface area contributed by atoms with E-state index in [1.54, 1.807) is 11.0 Å². The second kappa shape index (κ2) is 9.09. The van der Waals surface area contributed by atoms with Gasteiger partial charge in [0, 0.05) is 13.1 Å².